The molecule has 5 nitrogen and oxygen atoms in total. The Bertz CT molecular complexity index is 283. The molecule has 1 fully saturated rings. The minimum Gasteiger partial charge on any atom is -0.409 e. The van der Waals surface area contributed by atoms with E-state index in [1.54, 1.807) is 11.8 Å². The molecular weight excluding hydrogens is 239 g/mol. The monoisotopic (exact) mass is 255 g/mol. The molecule has 2 atom stereocenters. The van der Waals surface area contributed by atoms with E-state index in [1.807, 2.05) is 0 Å². The van der Waals surface area contributed by atoms with Gasteiger partial charge in [-0.1, -0.05) is 5.16 Å². The number of rotatable bonds is 3. The molecule has 100 valence electrons. The van der Waals surface area contributed by atoms with Crippen LogP contribution in [0.15, 0.2) is 5.16 Å². The number of oxime groups is 1. The summed E-state index contributed by atoms with van der Waals surface area (Å²) in [5, 5.41) is 10.8. The van der Waals surface area contributed by atoms with Crippen LogP contribution in [0.1, 0.15) is 6.92 Å². The summed E-state index contributed by atoms with van der Waals surface area (Å²) in [5.41, 5.74) is 5.09. The van der Waals surface area contributed by atoms with Crippen LogP contribution in [0.4, 0.5) is 13.2 Å². The molecule has 8 heteroatoms. The lowest BCUT2D eigenvalue weighted by atomic mass is 10.1. The standard InChI is InChI=1S/C9H16F3N3O2/c1-6-5-17-3-2-15(6)4-7(8(13)14-16)9(10,11)12/h6-7,16H,2-5H2,1H3,(H2,13,14). The zero-order valence-electron chi connectivity index (χ0n) is 9.44. The maximum Gasteiger partial charge on any atom is 0.400 e. The van der Waals surface area contributed by atoms with Gasteiger partial charge >= 0.3 is 6.18 Å². The van der Waals surface area contributed by atoms with Crippen LogP contribution in [0, 0.1) is 5.92 Å². The van der Waals surface area contributed by atoms with Gasteiger partial charge in [-0.05, 0) is 6.92 Å². The van der Waals surface area contributed by atoms with Crippen LogP contribution in [-0.4, -0.2) is 54.5 Å². The SMILES string of the molecule is CC1COCCN1CC(C(N)=NO)C(F)(F)F. The molecule has 1 rings (SSSR count). The zero-order chi connectivity index (χ0) is 13.1. The molecule has 1 aliphatic heterocycles. The maximum atomic E-state index is 12.7. The molecule has 0 aliphatic carbocycles. The van der Waals surface area contributed by atoms with E-state index >= 15 is 0 Å². The quantitative estimate of drug-likeness (QED) is 0.336. The number of amidine groups is 1. The Kier molecular flexibility index (Phi) is 4.58. The van der Waals surface area contributed by atoms with Crippen molar-refractivity contribution in [2.75, 3.05) is 26.3 Å². The fourth-order valence-corrected chi connectivity index (χ4v) is 1.70. The van der Waals surface area contributed by atoms with Gasteiger partial charge in [-0.3, -0.25) is 4.90 Å². The first-order valence-corrected chi connectivity index (χ1v) is 5.22. The number of alkyl halides is 3. The fraction of sp³-hybridized carbons (Fsp3) is 0.889. The van der Waals surface area contributed by atoms with Gasteiger partial charge in [0.25, 0.3) is 0 Å². The second-order valence-corrected chi connectivity index (χ2v) is 4.04. The second-order valence-electron chi connectivity index (χ2n) is 4.04. The molecular formula is C9H16F3N3O2. The molecule has 0 spiro atoms. The van der Waals surface area contributed by atoms with E-state index in [0.717, 1.165) is 0 Å². The molecule has 17 heavy (non-hydrogen) atoms. The van der Waals surface area contributed by atoms with E-state index in [-0.39, 0.29) is 12.6 Å². The minimum atomic E-state index is -4.52. The van der Waals surface area contributed by atoms with Crippen molar-refractivity contribution in [1.29, 1.82) is 0 Å². The Labute approximate surface area is 97.0 Å². The smallest absolute Gasteiger partial charge is 0.400 e. The highest BCUT2D eigenvalue weighted by Gasteiger charge is 2.44. The molecule has 0 aromatic heterocycles. The van der Waals surface area contributed by atoms with Crippen LogP contribution in [0.2, 0.25) is 0 Å². The molecule has 1 aliphatic rings. The number of ether oxygens (including phenoxy) is 1. The van der Waals surface area contributed by atoms with Gasteiger partial charge in [-0.25, -0.2) is 0 Å². The Morgan fingerprint density at radius 2 is 2.29 bits per heavy atom. The van der Waals surface area contributed by atoms with Crippen molar-refractivity contribution in [3.63, 3.8) is 0 Å². The predicted octanol–water partition coefficient (Wildman–Crippen LogP) is 0.632. The summed E-state index contributed by atoms with van der Waals surface area (Å²) in [6, 6.07) is -0.111. The topological polar surface area (TPSA) is 71.1 Å². The van der Waals surface area contributed by atoms with Crippen molar-refractivity contribution in [3.8, 4) is 0 Å². The summed E-state index contributed by atoms with van der Waals surface area (Å²) in [6.45, 7) is 2.65. The van der Waals surface area contributed by atoms with Gasteiger partial charge in [-0.2, -0.15) is 13.2 Å². The van der Waals surface area contributed by atoms with Crippen LogP contribution in [0.5, 0.6) is 0 Å². The Balaban J connectivity index is 2.72. The summed E-state index contributed by atoms with van der Waals surface area (Å²) in [4.78, 5) is 1.62. The van der Waals surface area contributed by atoms with Gasteiger partial charge in [0, 0.05) is 19.1 Å². The number of hydrogen-bond acceptors (Lipinski definition) is 4. The third-order valence-corrected chi connectivity index (χ3v) is 2.79. The highest BCUT2D eigenvalue weighted by Crippen LogP contribution is 2.28. The van der Waals surface area contributed by atoms with Crippen LogP contribution in [0.3, 0.4) is 0 Å². The summed E-state index contributed by atoms with van der Waals surface area (Å²) in [5.74, 6) is -2.76. The van der Waals surface area contributed by atoms with Crippen molar-refractivity contribution < 1.29 is 23.1 Å². The molecule has 0 saturated carbocycles. The van der Waals surface area contributed by atoms with Crippen molar-refractivity contribution in [2.45, 2.75) is 19.1 Å². The van der Waals surface area contributed by atoms with Crippen molar-refractivity contribution in [3.05, 3.63) is 0 Å². The number of morpholine rings is 1. The summed E-state index contributed by atoms with van der Waals surface area (Å²) < 4.78 is 43.3. The first-order valence-electron chi connectivity index (χ1n) is 5.22. The second kappa shape index (κ2) is 5.54. The van der Waals surface area contributed by atoms with Gasteiger partial charge in [0.2, 0.25) is 0 Å². The van der Waals surface area contributed by atoms with Crippen LogP contribution in [-0.2, 0) is 4.74 Å². The van der Waals surface area contributed by atoms with Gasteiger partial charge in [0.15, 0.2) is 5.84 Å². The van der Waals surface area contributed by atoms with Crippen LogP contribution in [0.25, 0.3) is 0 Å². The highest BCUT2D eigenvalue weighted by atomic mass is 19.4. The lowest BCUT2D eigenvalue weighted by Crippen LogP contribution is -2.51. The van der Waals surface area contributed by atoms with Gasteiger partial charge in [-0.15, -0.1) is 0 Å². The van der Waals surface area contributed by atoms with Crippen LogP contribution >= 0.6 is 0 Å². The largest absolute Gasteiger partial charge is 0.409 e. The first-order chi connectivity index (χ1) is 7.86. The van der Waals surface area contributed by atoms with Gasteiger partial charge in [0.05, 0.1) is 13.2 Å². The number of nitrogens with two attached hydrogens (primary N) is 1. The fourth-order valence-electron chi connectivity index (χ4n) is 1.70. The Morgan fingerprint density at radius 1 is 1.65 bits per heavy atom. The van der Waals surface area contributed by atoms with E-state index < -0.39 is 17.9 Å². The van der Waals surface area contributed by atoms with E-state index in [2.05, 4.69) is 5.16 Å². The highest BCUT2D eigenvalue weighted by molar-refractivity contribution is 5.83. The number of nitrogens with zero attached hydrogens (tertiary/aromatic N) is 2. The third kappa shape index (κ3) is 3.74. The molecule has 3 N–H and O–H groups in total. The lowest BCUT2D eigenvalue weighted by molar-refractivity contribution is -0.164. The molecule has 1 saturated heterocycles. The predicted molar refractivity (Wildman–Crippen MR) is 54.8 cm³/mol. The van der Waals surface area contributed by atoms with E-state index in [4.69, 9.17) is 15.7 Å². The zero-order valence-corrected chi connectivity index (χ0v) is 9.44. The van der Waals surface area contributed by atoms with Gasteiger partial charge in [0.1, 0.15) is 5.92 Å². The van der Waals surface area contributed by atoms with Gasteiger partial charge < -0.3 is 15.7 Å². The molecule has 0 radical (unpaired) electrons. The first kappa shape index (κ1) is 14.0. The molecule has 0 bridgehead atoms. The van der Waals surface area contributed by atoms with E-state index in [9.17, 15) is 13.2 Å². The normalized spacial score (nSPS) is 25.9. The summed E-state index contributed by atoms with van der Waals surface area (Å²) in [6.07, 6.45) is -4.52. The Morgan fingerprint density at radius 3 is 2.76 bits per heavy atom. The van der Waals surface area contributed by atoms with Crippen molar-refractivity contribution >= 4 is 5.84 Å². The third-order valence-electron chi connectivity index (χ3n) is 2.79. The molecule has 0 aromatic rings. The van der Waals surface area contributed by atoms with Crippen molar-refractivity contribution in [2.24, 2.45) is 16.8 Å². The van der Waals surface area contributed by atoms with E-state index in [1.165, 1.54) is 0 Å². The van der Waals surface area contributed by atoms with Crippen molar-refractivity contribution in [1.82, 2.24) is 4.90 Å². The lowest BCUT2D eigenvalue weighted by Gasteiger charge is -2.35. The average Bonchev–Trinajstić information content (AvgIpc) is 2.25. The maximum absolute atomic E-state index is 12.7. The number of halogens is 3. The summed E-state index contributed by atoms with van der Waals surface area (Å²) >= 11 is 0. The average molecular weight is 255 g/mol. The van der Waals surface area contributed by atoms with E-state index in [0.29, 0.717) is 19.8 Å². The molecule has 1 heterocycles. The summed E-state index contributed by atoms with van der Waals surface area (Å²) in [7, 11) is 0. The number of hydrogen-bond donors (Lipinski definition) is 2. The molecule has 0 aromatic carbocycles. The minimum absolute atomic E-state index is 0.111. The molecule has 2 unspecified atom stereocenters. The molecule has 0 amide bonds. The van der Waals surface area contributed by atoms with Crippen LogP contribution < -0.4 is 5.73 Å². The Hall–Kier alpha value is -1.02.